The molecular weight excluding hydrogens is 249 g/mol. The molecule has 1 aromatic carbocycles. The van der Waals surface area contributed by atoms with Crippen LogP contribution in [0.1, 0.15) is 29.6 Å². The number of carboxylic acid groups (broad SMARTS) is 1. The van der Waals surface area contributed by atoms with Crippen molar-refractivity contribution in [3.63, 3.8) is 0 Å². The van der Waals surface area contributed by atoms with E-state index in [1.807, 2.05) is 0 Å². The fourth-order valence-electron chi connectivity index (χ4n) is 2.99. The monoisotopic (exact) mass is 265 g/mol. The van der Waals surface area contributed by atoms with Gasteiger partial charge in [0, 0.05) is 12.5 Å². The summed E-state index contributed by atoms with van der Waals surface area (Å²) in [7, 11) is 0. The molecule has 2 aliphatic heterocycles. The van der Waals surface area contributed by atoms with Crippen LogP contribution in [0.4, 0.5) is 10.1 Å². The molecule has 0 aromatic heterocycles. The van der Waals surface area contributed by atoms with E-state index in [1.54, 1.807) is 0 Å². The molecule has 0 amide bonds. The minimum Gasteiger partial charge on any atom is -0.478 e. The minimum atomic E-state index is -1.12. The first-order valence-corrected chi connectivity index (χ1v) is 6.55. The lowest BCUT2D eigenvalue weighted by Crippen LogP contribution is -2.24. The van der Waals surface area contributed by atoms with Crippen molar-refractivity contribution in [1.29, 1.82) is 0 Å². The number of nitrogens with one attached hydrogen (secondary N) is 1. The van der Waals surface area contributed by atoms with Crippen molar-refractivity contribution >= 4 is 11.7 Å². The number of hydrogen-bond donors (Lipinski definition) is 2. The van der Waals surface area contributed by atoms with Crippen LogP contribution >= 0.6 is 0 Å². The molecule has 0 spiro atoms. The molecule has 2 aliphatic rings. The summed E-state index contributed by atoms with van der Waals surface area (Å²) in [5.41, 5.74) is 0.319. The Morgan fingerprint density at radius 1 is 1.47 bits per heavy atom. The Labute approximate surface area is 110 Å². The molecule has 2 N–H and O–H groups in total. The van der Waals surface area contributed by atoms with Crippen LogP contribution in [0.25, 0.3) is 0 Å². The van der Waals surface area contributed by atoms with Gasteiger partial charge in [-0.2, -0.15) is 0 Å². The van der Waals surface area contributed by atoms with Gasteiger partial charge < -0.3 is 15.2 Å². The van der Waals surface area contributed by atoms with Crippen molar-refractivity contribution in [2.45, 2.75) is 31.5 Å². The molecule has 0 radical (unpaired) electrons. The highest BCUT2D eigenvalue weighted by Crippen LogP contribution is 2.38. The number of benzene rings is 1. The summed E-state index contributed by atoms with van der Waals surface area (Å²) in [6.07, 6.45) is 3.96. The Kier molecular flexibility index (Phi) is 3.14. The number of rotatable bonds is 4. The topological polar surface area (TPSA) is 58.6 Å². The highest BCUT2D eigenvalue weighted by atomic mass is 19.1. The van der Waals surface area contributed by atoms with Crippen LogP contribution in [0, 0.1) is 11.7 Å². The zero-order valence-corrected chi connectivity index (χ0v) is 10.4. The number of halogens is 1. The predicted molar refractivity (Wildman–Crippen MR) is 67.9 cm³/mol. The van der Waals surface area contributed by atoms with Gasteiger partial charge in [-0.15, -0.1) is 0 Å². The van der Waals surface area contributed by atoms with Crippen LogP contribution in [0.5, 0.6) is 0 Å². The van der Waals surface area contributed by atoms with Gasteiger partial charge in [0.1, 0.15) is 5.82 Å². The summed E-state index contributed by atoms with van der Waals surface area (Å²) in [5, 5.41) is 11.8. The molecule has 5 heteroatoms. The number of ether oxygens (including phenoxy) is 1. The summed E-state index contributed by atoms with van der Waals surface area (Å²) in [4.78, 5) is 10.7. The fraction of sp³-hybridized carbons (Fsp3) is 0.500. The summed E-state index contributed by atoms with van der Waals surface area (Å²) in [6.45, 7) is 0.671. The molecule has 2 fully saturated rings. The third kappa shape index (κ3) is 2.42. The van der Waals surface area contributed by atoms with E-state index in [2.05, 4.69) is 5.32 Å². The molecule has 2 heterocycles. The van der Waals surface area contributed by atoms with E-state index in [9.17, 15) is 9.18 Å². The van der Waals surface area contributed by atoms with Crippen LogP contribution in [0.3, 0.4) is 0 Å². The molecule has 3 rings (SSSR count). The normalized spacial score (nSPS) is 28.6. The number of aromatic carboxylic acids is 1. The Morgan fingerprint density at radius 2 is 2.32 bits per heavy atom. The molecule has 19 heavy (non-hydrogen) atoms. The van der Waals surface area contributed by atoms with Crippen molar-refractivity contribution < 1.29 is 19.0 Å². The third-order valence-corrected chi connectivity index (χ3v) is 4.00. The van der Waals surface area contributed by atoms with Gasteiger partial charge in [0.05, 0.1) is 23.5 Å². The first-order valence-electron chi connectivity index (χ1n) is 6.55. The van der Waals surface area contributed by atoms with E-state index in [1.165, 1.54) is 12.1 Å². The lowest BCUT2D eigenvalue weighted by Gasteiger charge is -2.19. The Bertz CT molecular complexity index is 505. The van der Waals surface area contributed by atoms with Crippen LogP contribution in [0.15, 0.2) is 18.2 Å². The van der Waals surface area contributed by atoms with E-state index in [4.69, 9.17) is 9.84 Å². The van der Waals surface area contributed by atoms with E-state index in [0.717, 1.165) is 25.3 Å². The van der Waals surface area contributed by atoms with Crippen LogP contribution in [-0.4, -0.2) is 29.8 Å². The van der Waals surface area contributed by atoms with E-state index < -0.39 is 11.8 Å². The second kappa shape index (κ2) is 4.81. The quantitative estimate of drug-likeness (QED) is 0.878. The predicted octanol–water partition coefficient (Wildman–Crippen LogP) is 2.50. The smallest absolute Gasteiger partial charge is 0.335 e. The highest BCUT2D eigenvalue weighted by molar-refractivity contribution is 5.88. The van der Waals surface area contributed by atoms with E-state index >= 15 is 0 Å². The van der Waals surface area contributed by atoms with Crippen LogP contribution in [0.2, 0.25) is 0 Å². The summed E-state index contributed by atoms with van der Waals surface area (Å²) < 4.78 is 19.5. The maximum absolute atomic E-state index is 13.7. The van der Waals surface area contributed by atoms with Gasteiger partial charge in [-0.05, 0) is 37.5 Å². The Hall–Kier alpha value is -1.62. The maximum Gasteiger partial charge on any atom is 0.335 e. The van der Waals surface area contributed by atoms with Crippen molar-refractivity contribution in [2.24, 2.45) is 5.92 Å². The highest BCUT2D eigenvalue weighted by Gasteiger charge is 2.40. The van der Waals surface area contributed by atoms with Crippen LogP contribution in [-0.2, 0) is 4.74 Å². The SMILES string of the molecule is O=C(O)c1ccc(NCC2CC3CCC2O3)c(F)c1. The van der Waals surface area contributed by atoms with E-state index in [0.29, 0.717) is 30.4 Å². The number of anilines is 1. The van der Waals surface area contributed by atoms with Crippen LogP contribution < -0.4 is 5.32 Å². The summed E-state index contributed by atoms with van der Waals surface area (Å²) in [6, 6.07) is 3.93. The van der Waals surface area contributed by atoms with Crippen molar-refractivity contribution in [2.75, 3.05) is 11.9 Å². The third-order valence-electron chi connectivity index (χ3n) is 4.00. The fourth-order valence-corrected chi connectivity index (χ4v) is 2.99. The maximum atomic E-state index is 13.7. The number of carbonyl (C=O) groups is 1. The lowest BCUT2D eigenvalue weighted by atomic mass is 9.89. The Balaban J connectivity index is 1.62. The number of fused-ring (bicyclic) bond motifs is 2. The average molecular weight is 265 g/mol. The molecule has 1 aromatic rings. The molecule has 2 saturated heterocycles. The standard InChI is InChI=1S/C14H16FNO3/c15-11-6-8(14(17)18)1-3-12(11)16-7-9-5-10-2-4-13(9)19-10/h1,3,6,9-10,13,16H,2,4-5,7H2,(H,17,18). The lowest BCUT2D eigenvalue weighted by molar-refractivity contribution is 0.0696. The number of hydrogen-bond acceptors (Lipinski definition) is 3. The van der Waals surface area contributed by atoms with Gasteiger partial charge in [-0.25, -0.2) is 9.18 Å². The second-order valence-corrected chi connectivity index (χ2v) is 5.25. The molecule has 3 unspecified atom stereocenters. The summed E-state index contributed by atoms with van der Waals surface area (Å²) >= 11 is 0. The van der Waals surface area contributed by atoms with Gasteiger partial charge in [0.2, 0.25) is 0 Å². The molecular formula is C14H16FNO3. The van der Waals surface area contributed by atoms with Gasteiger partial charge in [-0.3, -0.25) is 0 Å². The second-order valence-electron chi connectivity index (χ2n) is 5.25. The van der Waals surface area contributed by atoms with Gasteiger partial charge in [0.25, 0.3) is 0 Å². The molecule has 2 bridgehead atoms. The first-order chi connectivity index (χ1) is 9.13. The van der Waals surface area contributed by atoms with Gasteiger partial charge in [0.15, 0.2) is 0 Å². The van der Waals surface area contributed by atoms with Crippen molar-refractivity contribution in [1.82, 2.24) is 0 Å². The van der Waals surface area contributed by atoms with Gasteiger partial charge >= 0.3 is 5.97 Å². The molecule has 0 saturated carbocycles. The van der Waals surface area contributed by atoms with Gasteiger partial charge in [-0.1, -0.05) is 0 Å². The van der Waals surface area contributed by atoms with Crippen molar-refractivity contribution in [3.8, 4) is 0 Å². The zero-order chi connectivity index (χ0) is 13.4. The summed E-state index contributed by atoms with van der Waals surface area (Å²) in [5.74, 6) is -1.21. The zero-order valence-electron chi connectivity index (χ0n) is 10.4. The van der Waals surface area contributed by atoms with Crippen molar-refractivity contribution in [3.05, 3.63) is 29.6 Å². The molecule has 4 nitrogen and oxygen atoms in total. The Morgan fingerprint density at radius 3 is 2.89 bits per heavy atom. The molecule has 102 valence electrons. The largest absolute Gasteiger partial charge is 0.478 e. The van der Waals surface area contributed by atoms with E-state index in [-0.39, 0.29) is 5.56 Å². The minimum absolute atomic E-state index is 0.0358. The average Bonchev–Trinajstić information content (AvgIpc) is 2.99. The molecule has 0 aliphatic carbocycles. The first kappa shape index (κ1) is 12.4. The number of carboxylic acids is 1. The molecule has 3 atom stereocenters.